The summed E-state index contributed by atoms with van der Waals surface area (Å²) in [7, 11) is 0. The summed E-state index contributed by atoms with van der Waals surface area (Å²) in [4.78, 5) is 18.7. The first-order valence-corrected chi connectivity index (χ1v) is 5.08. The van der Waals surface area contributed by atoms with Gasteiger partial charge in [-0.1, -0.05) is 0 Å². The van der Waals surface area contributed by atoms with E-state index in [1.807, 2.05) is 31.5 Å². The topological polar surface area (TPSA) is 57.8 Å². The second-order valence-electron chi connectivity index (χ2n) is 3.59. The highest BCUT2D eigenvalue weighted by Gasteiger charge is 2.04. The van der Waals surface area contributed by atoms with E-state index in [1.165, 1.54) is 0 Å². The van der Waals surface area contributed by atoms with Crippen molar-refractivity contribution in [3.63, 3.8) is 0 Å². The zero-order valence-corrected chi connectivity index (χ0v) is 9.03. The molecule has 2 aromatic rings. The van der Waals surface area contributed by atoms with E-state index >= 15 is 0 Å². The van der Waals surface area contributed by atoms with Crippen LogP contribution >= 0.6 is 0 Å². The van der Waals surface area contributed by atoms with Gasteiger partial charge in [0.05, 0.1) is 5.56 Å². The summed E-state index contributed by atoms with van der Waals surface area (Å²) >= 11 is 0. The number of H-pyrrole nitrogens is 1. The normalized spacial score (nSPS) is 10.1. The van der Waals surface area contributed by atoms with Crippen LogP contribution in [0.4, 0.5) is 0 Å². The Morgan fingerprint density at radius 1 is 1.44 bits per heavy atom. The summed E-state index contributed by atoms with van der Waals surface area (Å²) in [5.41, 5.74) is 2.54. The van der Waals surface area contributed by atoms with Gasteiger partial charge in [0.25, 0.3) is 5.91 Å². The van der Waals surface area contributed by atoms with Crippen molar-refractivity contribution < 1.29 is 4.79 Å². The number of nitrogens with zero attached hydrogens (tertiary/aromatic N) is 1. The fraction of sp³-hybridized carbons (Fsp3) is 0.167. The summed E-state index contributed by atoms with van der Waals surface area (Å²) < 4.78 is 0. The first-order valence-electron chi connectivity index (χ1n) is 5.08. The number of carbonyl (C=O) groups excluding carboxylic acids is 1. The van der Waals surface area contributed by atoms with Gasteiger partial charge in [0.15, 0.2) is 0 Å². The molecule has 16 heavy (non-hydrogen) atoms. The molecule has 0 unspecified atom stereocenters. The fourth-order valence-electron chi connectivity index (χ4n) is 1.35. The smallest absolute Gasteiger partial charge is 0.253 e. The molecule has 1 amide bonds. The second kappa shape index (κ2) is 4.61. The van der Waals surface area contributed by atoms with Crippen LogP contribution in [-0.4, -0.2) is 15.9 Å². The molecule has 4 nitrogen and oxygen atoms in total. The zero-order valence-electron chi connectivity index (χ0n) is 9.03. The second-order valence-corrected chi connectivity index (χ2v) is 3.59. The van der Waals surface area contributed by atoms with Gasteiger partial charge >= 0.3 is 0 Å². The van der Waals surface area contributed by atoms with Gasteiger partial charge in [0.2, 0.25) is 0 Å². The monoisotopic (exact) mass is 215 g/mol. The molecule has 2 aromatic heterocycles. The van der Waals surface area contributed by atoms with Crippen LogP contribution in [0.2, 0.25) is 0 Å². The van der Waals surface area contributed by atoms with Crippen molar-refractivity contribution in [1.29, 1.82) is 0 Å². The molecule has 0 saturated carbocycles. The van der Waals surface area contributed by atoms with E-state index in [1.54, 1.807) is 12.3 Å². The predicted octanol–water partition coefficient (Wildman–Crippen LogP) is 1.65. The Hall–Kier alpha value is -2.10. The highest BCUT2D eigenvalue weighted by atomic mass is 16.1. The van der Waals surface area contributed by atoms with Gasteiger partial charge in [0, 0.05) is 30.8 Å². The maximum absolute atomic E-state index is 11.7. The summed E-state index contributed by atoms with van der Waals surface area (Å²) in [6.07, 6.45) is 5.27. The highest BCUT2D eigenvalue weighted by molar-refractivity contribution is 5.93. The summed E-state index contributed by atoms with van der Waals surface area (Å²) in [6, 6.07) is 5.52. The van der Waals surface area contributed by atoms with Crippen LogP contribution in [0.5, 0.6) is 0 Å². The average molecular weight is 215 g/mol. The molecule has 2 heterocycles. The van der Waals surface area contributed by atoms with E-state index in [0.29, 0.717) is 12.1 Å². The first kappa shape index (κ1) is 10.4. The SMILES string of the molecule is Cc1ccc(C(=O)NCc2cc[nH]c2)cn1. The van der Waals surface area contributed by atoms with E-state index < -0.39 is 0 Å². The van der Waals surface area contributed by atoms with Crippen molar-refractivity contribution in [2.75, 3.05) is 0 Å². The molecule has 0 aliphatic heterocycles. The molecule has 0 atom stereocenters. The molecule has 4 heteroatoms. The van der Waals surface area contributed by atoms with E-state index in [4.69, 9.17) is 0 Å². The lowest BCUT2D eigenvalue weighted by atomic mass is 10.2. The Bertz CT molecular complexity index is 460. The van der Waals surface area contributed by atoms with Gasteiger partial charge in [-0.2, -0.15) is 0 Å². The standard InChI is InChI=1S/C12H13N3O/c1-9-2-3-11(8-14-9)12(16)15-7-10-4-5-13-6-10/h2-6,8,13H,7H2,1H3,(H,15,16). The third kappa shape index (κ3) is 2.48. The largest absolute Gasteiger partial charge is 0.367 e. The Morgan fingerprint density at radius 2 is 2.31 bits per heavy atom. The number of hydrogen-bond acceptors (Lipinski definition) is 2. The Morgan fingerprint density at radius 3 is 2.94 bits per heavy atom. The lowest BCUT2D eigenvalue weighted by molar-refractivity contribution is 0.0950. The van der Waals surface area contributed by atoms with Gasteiger partial charge in [-0.15, -0.1) is 0 Å². The number of nitrogens with one attached hydrogen (secondary N) is 2. The molecule has 0 spiro atoms. The van der Waals surface area contributed by atoms with Crippen molar-refractivity contribution >= 4 is 5.91 Å². The first-order chi connectivity index (χ1) is 7.75. The van der Waals surface area contributed by atoms with Crippen LogP contribution in [0.15, 0.2) is 36.8 Å². The molecule has 0 aliphatic carbocycles. The van der Waals surface area contributed by atoms with Crippen molar-refractivity contribution in [2.45, 2.75) is 13.5 Å². The molecule has 0 saturated heterocycles. The van der Waals surface area contributed by atoms with E-state index in [9.17, 15) is 4.79 Å². The van der Waals surface area contributed by atoms with E-state index in [-0.39, 0.29) is 5.91 Å². The van der Waals surface area contributed by atoms with Crippen molar-refractivity contribution in [3.8, 4) is 0 Å². The highest BCUT2D eigenvalue weighted by Crippen LogP contribution is 2.00. The van der Waals surface area contributed by atoms with E-state index in [2.05, 4.69) is 15.3 Å². The molecule has 0 fully saturated rings. The van der Waals surface area contributed by atoms with Crippen LogP contribution < -0.4 is 5.32 Å². The van der Waals surface area contributed by atoms with E-state index in [0.717, 1.165) is 11.3 Å². The summed E-state index contributed by atoms with van der Waals surface area (Å²) in [5, 5.41) is 2.82. The lowest BCUT2D eigenvalue weighted by Crippen LogP contribution is -2.22. The maximum atomic E-state index is 11.7. The van der Waals surface area contributed by atoms with Gasteiger partial charge in [0.1, 0.15) is 0 Å². The van der Waals surface area contributed by atoms with Crippen molar-refractivity contribution in [1.82, 2.24) is 15.3 Å². The van der Waals surface area contributed by atoms with Crippen LogP contribution in [-0.2, 0) is 6.54 Å². The maximum Gasteiger partial charge on any atom is 0.253 e. The number of pyridine rings is 1. The number of amides is 1. The molecule has 2 rings (SSSR count). The minimum atomic E-state index is -0.103. The number of rotatable bonds is 3. The van der Waals surface area contributed by atoms with Gasteiger partial charge in [-0.25, -0.2) is 0 Å². The minimum absolute atomic E-state index is 0.103. The van der Waals surface area contributed by atoms with Gasteiger partial charge in [-0.3, -0.25) is 9.78 Å². The molecule has 2 N–H and O–H groups in total. The molecular weight excluding hydrogens is 202 g/mol. The zero-order chi connectivity index (χ0) is 11.4. The molecule has 0 bridgehead atoms. The van der Waals surface area contributed by atoms with Crippen molar-refractivity contribution in [3.05, 3.63) is 53.6 Å². The predicted molar refractivity (Wildman–Crippen MR) is 60.9 cm³/mol. The van der Waals surface area contributed by atoms with Gasteiger partial charge < -0.3 is 10.3 Å². The Kier molecular flexibility index (Phi) is 3.00. The van der Waals surface area contributed by atoms with Crippen LogP contribution in [0, 0.1) is 6.92 Å². The Labute approximate surface area is 93.7 Å². The number of aromatic amines is 1. The Balaban J connectivity index is 1.95. The summed E-state index contributed by atoms with van der Waals surface area (Å²) in [5.74, 6) is -0.103. The molecular formula is C12H13N3O. The average Bonchev–Trinajstić information content (AvgIpc) is 2.80. The third-order valence-corrected chi connectivity index (χ3v) is 2.29. The molecule has 0 radical (unpaired) electrons. The summed E-state index contributed by atoms with van der Waals surface area (Å²) in [6.45, 7) is 2.41. The number of aryl methyl sites for hydroxylation is 1. The minimum Gasteiger partial charge on any atom is -0.367 e. The number of aromatic nitrogens is 2. The third-order valence-electron chi connectivity index (χ3n) is 2.29. The number of hydrogen-bond donors (Lipinski definition) is 2. The van der Waals surface area contributed by atoms with Crippen molar-refractivity contribution in [2.24, 2.45) is 0 Å². The van der Waals surface area contributed by atoms with Crippen LogP contribution in [0.25, 0.3) is 0 Å². The van der Waals surface area contributed by atoms with Crippen LogP contribution in [0.1, 0.15) is 21.6 Å². The number of carbonyl (C=O) groups is 1. The van der Waals surface area contributed by atoms with Gasteiger partial charge in [-0.05, 0) is 30.7 Å². The van der Waals surface area contributed by atoms with Crippen LogP contribution in [0.3, 0.4) is 0 Å². The lowest BCUT2D eigenvalue weighted by Gasteiger charge is -2.03. The molecule has 82 valence electrons. The fourth-order valence-corrected chi connectivity index (χ4v) is 1.35. The molecule has 0 aliphatic rings. The quantitative estimate of drug-likeness (QED) is 0.817. The molecule has 0 aromatic carbocycles.